The number of nitrogens with zero attached hydrogens (tertiary/aromatic N) is 3. The van der Waals surface area contributed by atoms with Crippen molar-refractivity contribution in [1.29, 1.82) is 0 Å². The molecular weight excluding hydrogens is 240 g/mol. The largest absolute Gasteiger partial charge is 0.380 e. The molecule has 1 aromatic heterocycles. The van der Waals surface area contributed by atoms with E-state index in [2.05, 4.69) is 34.0 Å². The smallest absolute Gasteiger partial charge is 0.137 e. The fraction of sp³-hybridized carbons (Fsp3) is 0.714. The van der Waals surface area contributed by atoms with Crippen LogP contribution in [0.1, 0.15) is 32.3 Å². The van der Waals surface area contributed by atoms with Crippen LogP contribution in [0.3, 0.4) is 0 Å². The fourth-order valence-corrected chi connectivity index (χ4v) is 2.35. The van der Waals surface area contributed by atoms with Crippen LogP contribution in [0, 0.1) is 0 Å². The second-order valence-electron chi connectivity index (χ2n) is 4.76. The van der Waals surface area contributed by atoms with Crippen molar-refractivity contribution in [3.05, 3.63) is 11.9 Å². The molecule has 19 heavy (non-hydrogen) atoms. The lowest BCUT2D eigenvalue weighted by molar-refractivity contribution is 0.152. The van der Waals surface area contributed by atoms with Gasteiger partial charge in [0.25, 0.3) is 0 Å². The van der Waals surface area contributed by atoms with E-state index >= 15 is 0 Å². The number of ether oxygens (including phenoxy) is 1. The minimum Gasteiger partial charge on any atom is -0.380 e. The SMILES string of the molecule is CCCNc1ncnc(N2CCCOCC2)c1CC. The van der Waals surface area contributed by atoms with Crippen LogP contribution in [-0.4, -0.2) is 42.8 Å². The van der Waals surface area contributed by atoms with Crippen molar-refractivity contribution >= 4 is 11.6 Å². The van der Waals surface area contributed by atoms with Crippen LogP contribution in [0.25, 0.3) is 0 Å². The molecule has 0 amide bonds. The quantitative estimate of drug-likeness (QED) is 0.882. The predicted octanol–water partition coefficient (Wildman–Crippen LogP) is 2.09. The van der Waals surface area contributed by atoms with Crippen molar-refractivity contribution in [3.8, 4) is 0 Å². The highest BCUT2D eigenvalue weighted by atomic mass is 16.5. The lowest BCUT2D eigenvalue weighted by Crippen LogP contribution is -2.28. The molecule has 1 saturated heterocycles. The van der Waals surface area contributed by atoms with Gasteiger partial charge >= 0.3 is 0 Å². The van der Waals surface area contributed by atoms with Gasteiger partial charge in [0.2, 0.25) is 0 Å². The number of hydrogen-bond donors (Lipinski definition) is 1. The Hall–Kier alpha value is -1.36. The van der Waals surface area contributed by atoms with E-state index in [1.54, 1.807) is 6.33 Å². The van der Waals surface area contributed by atoms with Gasteiger partial charge in [-0.15, -0.1) is 0 Å². The number of anilines is 2. The summed E-state index contributed by atoms with van der Waals surface area (Å²) in [5.41, 5.74) is 1.22. The van der Waals surface area contributed by atoms with E-state index in [-0.39, 0.29) is 0 Å². The normalized spacial score (nSPS) is 16.2. The van der Waals surface area contributed by atoms with Crippen LogP contribution in [0.4, 0.5) is 11.6 Å². The summed E-state index contributed by atoms with van der Waals surface area (Å²) < 4.78 is 5.51. The predicted molar refractivity (Wildman–Crippen MR) is 77.8 cm³/mol. The molecule has 0 spiro atoms. The van der Waals surface area contributed by atoms with Crippen LogP contribution >= 0.6 is 0 Å². The molecule has 1 aliphatic heterocycles. The summed E-state index contributed by atoms with van der Waals surface area (Å²) in [6.07, 6.45) is 4.77. The van der Waals surface area contributed by atoms with Crippen molar-refractivity contribution in [2.75, 3.05) is 43.1 Å². The maximum atomic E-state index is 5.51. The summed E-state index contributed by atoms with van der Waals surface area (Å²) in [6.45, 7) is 8.83. The molecule has 0 bridgehead atoms. The van der Waals surface area contributed by atoms with Gasteiger partial charge in [-0.2, -0.15) is 0 Å². The van der Waals surface area contributed by atoms with Crippen molar-refractivity contribution in [3.63, 3.8) is 0 Å². The Labute approximate surface area is 115 Å². The Bertz CT molecular complexity index is 389. The standard InChI is InChI=1S/C14H24N4O/c1-3-6-15-13-12(4-2)14(17-11-16-13)18-7-5-9-19-10-8-18/h11H,3-10H2,1-2H3,(H,15,16,17). The monoisotopic (exact) mass is 264 g/mol. The molecule has 1 aromatic rings. The van der Waals surface area contributed by atoms with Crippen molar-refractivity contribution in [2.45, 2.75) is 33.1 Å². The van der Waals surface area contributed by atoms with Gasteiger partial charge in [0.05, 0.1) is 6.61 Å². The van der Waals surface area contributed by atoms with Gasteiger partial charge < -0.3 is 15.0 Å². The molecular formula is C14H24N4O. The maximum absolute atomic E-state index is 5.51. The first-order valence-electron chi connectivity index (χ1n) is 7.27. The molecule has 5 heteroatoms. The van der Waals surface area contributed by atoms with E-state index in [0.717, 1.165) is 63.7 Å². The first-order valence-corrected chi connectivity index (χ1v) is 7.27. The zero-order chi connectivity index (χ0) is 13.5. The highest BCUT2D eigenvalue weighted by Gasteiger charge is 2.17. The molecule has 1 aliphatic rings. The minimum absolute atomic E-state index is 0.783. The molecule has 0 radical (unpaired) electrons. The zero-order valence-electron chi connectivity index (χ0n) is 12.0. The van der Waals surface area contributed by atoms with Crippen molar-refractivity contribution in [1.82, 2.24) is 9.97 Å². The average molecular weight is 264 g/mol. The molecule has 106 valence electrons. The third kappa shape index (κ3) is 3.56. The minimum atomic E-state index is 0.783. The Morgan fingerprint density at radius 2 is 2.16 bits per heavy atom. The Morgan fingerprint density at radius 1 is 1.26 bits per heavy atom. The zero-order valence-corrected chi connectivity index (χ0v) is 12.0. The van der Waals surface area contributed by atoms with E-state index < -0.39 is 0 Å². The Kier molecular flexibility index (Phi) is 5.39. The van der Waals surface area contributed by atoms with Gasteiger partial charge in [-0.1, -0.05) is 13.8 Å². The Balaban J connectivity index is 2.22. The van der Waals surface area contributed by atoms with E-state index in [0.29, 0.717) is 0 Å². The third-order valence-electron chi connectivity index (χ3n) is 3.34. The highest BCUT2D eigenvalue weighted by Crippen LogP contribution is 2.24. The summed E-state index contributed by atoms with van der Waals surface area (Å²) in [5.74, 6) is 2.06. The summed E-state index contributed by atoms with van der Waals surface area (Å²) in [6, 6.07) is 0. The first kappa shape index (κ1) is 14.1. The molecule has 2 rings (SSSR count). The second kappa shape index (κ2) is 7.28. The molecule has 0 aromatic carbocycles. The molecule has 2 heterocycles. The fourth-order valence-electron chi connectivity index (χ4n) is 2.35. The molecule has 1 fully saturated rings. The topological polar surface area (TPSA) is 50.3 Å². The average Bonchev–Trinajstić information content (AvgIpc) is 2.73. The van der Waals surface area contributed by atoms with Gasteiger partial charge in [0.15, 0.2) is 0 Å². The summed E-state index contributed by atoms with van der Waals surface area (Å²) in [5, 5.41) is 3.40. The van der Waals surface area contributed by atoms with Crippen LogP contribution in [-0.2, 0) is 11.2 Å². The third-order valence-corrected chi connectivity index (χ3v) is 3.34. The van der Waals surface area contributed by atoms with Crippen LogP contribution in [0.2, 0.25) is 0 Å². The first-order chi connectivity index (χ1) is 9.36. The molecule has 0 unspecified atom stereocenters. The summed E-state index contributed by atoms with van der Waals surface area (Å²) in [7, 11) is 0. The number of rotatable bonds is 5. The van der Waals surface area contributed by atoms with E-state index in [4.69, 9.17) is 4.74 Å². The molecule has 0 aliphatic carbocycles. The number of nitrogens with one attached hydrogen (secondary N) is 1. The maximum Gasteiger partial charge on any atom is 0.137 e. The van der Waals surface area contributed by atoms with Crippen LogP contribution in [0.5, 0.6) is 0 Å². The van der Waals surface area contributed by atoms with Crippen molar-refractivity contribution in [2.24, 2.45) is 0 Å². The van der Waals surface area contributed by atoms with Crippen LogP contribution in [0.15, 0.2) is 6.33 Å². The Morgan fingerprint density at radius 3 is 2.95 bits per heavy atom. The van der Waals surface area contributed by atoms with E-state index in [1.165, 1.54) is 5.56 Å². The van der Waals surface area contributed by atoms with Gasteiger partial charge in [0, 0.05) is 31.8 Å². The second-order valence-corrected chi connectivity index (χ2v) is 4.76. The van der Waals surface area contributed by atoms with Gasteiger partial charge in [0.1, 0.15) is 18.0 Å². The molecule has 1 N–H and O–H groups in total. The lowest BCUT2D eigenvalue weighted by Gasteiger charge is -2.24. The van der Waals surface area contributed by atoms with E-state index in [1.807, 2.05) is 0 Å². The van der Waals surface area contributed by atoms with E-state index in [9.17, 15) is 0 Å². The van der Waals surface area contributed by atoms with Gasteiger partial charge in [-0.25, -0.2) is 9.97 Å². The highest BCUT2D eigenvalue weighted by molar-refractivity contribution is 5.58. The summed E-state index contributed by atoms with van der Waals surface area (Å²) >= 11 is 0. The molecule has 0 saturated carbocycles. The van der Waals surface area contributed by atoms with Crippen LogP contribution < -0.4 is 10.2 Å². The lowest BCUT2D eigenvalue weighted by atomic mass is 10.2. The van der Waals surface area contributed by atoms with Crippen molar-refractivity contribution < 1.29 is 4.74 Å². The van der Waals surface area contributed by atoms with Gasteiger partial charge in [-0.05, 0) is 19.3 Å². The van der Waals surface area contributed by atoms with Gasteiger partial charge in [-0.3, -0.25) is 0 Å². The molecule has 0 atom stereocenters. The summed E-state index contributed by atoms with van der Waals surface area (Å²) in [4.78, 5) is 11.2. The number of hydrogen-bond acceptors (Lipinski definition) is 5. The molecule has 5 nitrogen and oxygen atoms in total. The number of aromatic nitrogens is 2.